The van der Waals surface area contributed by atoms with Gasteiger partial charge in [0.05, 0.1) is 17.2 Å². The van der Waals surface area contributed by atoms with Crippen LogP contribution in [0.2, 0.25) is 10.2 Å². The van der Waals surface area contributed by atoms with E-state index in [0.29, 0.717) is 12.2 Å². The first-order valence-electron chi connectivity index (χ1n) is 7.84. The number of nitrogens with zero attached hydrogens (tertiary/aromatic N) is 2. The van der Waals surface area contributed by atoms with E-state index in [9.17, 15) is 9.59 Å². The number of aromatic amines is 1. The highest BCUT2D eigenvalue weighted by atomic mass is 35.5. The van der Waals surface area contributed by atoms with Crippen molar-refractivity contribution in [3.63, 3.8) is 0 Å². The minimum Gasteiger partial charge on any atom is -0.461 e. The van der Waals surface area contributed by atoms with Gasteiger partial charge in [-0.2, -0.15) is 0 Å². The average Bonchev–Trinajstić information content (AvgIpc) is 2.98. The number of carbonyl (C=O) groups excluding carboxylic acids is 2. The van der Waals surface area contributed by atoms with Crippen molar-refractivity contribution in [2.24, 2.45) is 0 Å². The topological polar surface area (TPSA) is 97.0 Å². The molecule has 0 saturated carbocycles. The van der Waals surface area contributed by atoms with Gasteiger partial charge in [-0.25, -0.2) is 14.8 Å². The quantitative estimate of drug-likeness (QED) is 0.557. The fraction of sp³-hybridized carbons (Fsp3) is 0.375. The van der Waals surface area contributed by atoms with Gasteiger partial charge in [0, 0.05) is 12.6 Å². The number of hydrogen-bond donors (Lipinski definition) is 2. The van der Waals surface area contributed by atoms with Crippen molar-refractivity contribution < 1.29 is 14.3 Å². The van der Waals surface area contributed by atoms with Crippen LogP contribution in [-0.4, -0.2) is 33.4 Å². The zero-order chi connectivity index (χ0) is 18.4. The molecular formula is C16H18Cl2N4O3. The third kappa shape index (κ3) is 4.93. The smallest absolute Gasteiger partial charge is 0.358 e. The van der Waals surface area contributed by atoms with Crippen LogP contribution in [0.15, 0.2) is 12.3 Å². The Balaban J connectivity index is 2.26. The number of unbranched alkanes of at least 4 members (excludes halogenated alkanes) is 1. The number of rotatable bonds is 7. The van der Waals surface area contributed by atoms with Crippen molar-refractivity contribution in [1.29, 1.82) is 0 Å². The highest BCUT2D eigenvalue weighted by Crippen LogP contribution is 2.21. The number of anilines is 1. The lowest BCUT2D eigenvalue weighted by Crippen LogP contribution is -2.16. The van der Waals surface area contributed by atoms with E-state index in [1.807, 2.05) is 0 Å². The molecule has 0 bridgehead atoms. The Hall–Kier alpha value is -2.12. The fourth-order valence-corrected chi connectivity index (χ4v) is 2.32. The molecule has 2 N–H and O–H groups in total. The van der Waals surface area contributed by atoms with Gasteiger partial charge in [-0.05, 0) is 19.4 Å². The van der Waals surface area contributed by atoms with Gasteiger partial charge in [-0.15, -0.1) is 0 Å². The molecule has 0 atom stereocenters. The van der Waals surface area contributed by atoms with Crippen molar-refractivity contribution in [2.75, 3.05) is 11.9 Å². The number of imidazole rings is 1. The lowest BCUT2D eigenvalue weighted by atomic mass is 10.2. The number of carbonyl (C=O) groups is 2. The van der Waals surface area contributed by atoms with E-state index in [2.05, 4.69) is 27.2 Å². The zero-order valence-corrected chi connectivity index (χ0v) is 15.4. The monoisotopic (exact) mass is 384 g/mol. The molecule has 0 unspecified atom stereocenters. The predicted octanol–water partition coefficient (Wildman–Crippen LogP) is 3.88. The second-order valence-corrected chi connectivity index (χ2v) is 5.95. The van der Waals surface area contributed by atoms with E-state index in [-0.39, 0.29) is 33.9 Å². The predicted molar refractivity (Wildman–Crippen MR) is 95.4 cm³/mol. The maximum Gasteiger partial charge on any atom is 0.358 e. The molecule has 0 aliphatic heterocycles. The van der Waals surface area contributed by atoms with Gasteiger partial charge in [0.15, 0.2) is 11.5 Å². The Kier molecular flexibility index (Phi) is 6.78. The van der Waals surface area contributed by atoms with E-state index in [4.69, 9.17) is 27.9 Å². The van der Waals surface area contributed by atoms with E-state index in [0.717, 1.165) is 12.8 Å². The van der Waals surface area contributed by atoms with Crippen molar-refractivity contribution in [3.8, 4) is 0 Å². The van der Waals surface area contributed by atoms with Crippen LogP contribution in [0.25, 0.3) is 0 Å². The second-order valence-electron chi connectivity index (χ2n) is 5.18. The molecule has 7 nitrogen and oxygen atoms in total. The molecule has 0 spiro atoms. The van der Waals surface area contributed by atoms with Crippen LogP contribution in [0, 0.1) is 0 Å². The molecule has 0 radical (unpaired) electrons. The molecule has 0 aliphatic rings. The van der Waals surface area contributed by atoms with Crippen LogP contribution in [0.3, 0.4) is 0 Å². The number of hydrogen-bond acceptors (Lipinski definition) is 5. The van der Waals surface area contributed by atoms with Gasteiger partial charge in [-0.1, -0.05) is 36.5 Å². The average molecular weight is 385 g/mol. The first kappa shape index (κ1) is 19.2. The summed E-state index contributed by atoms with van der Waals surface area (Å²) in [6, 6.07) is 1.39. The fourth-order valence-electron chi connectivity index (χ4n) is 2.05. The lowest BCUT2D eigenvalue weighted by Gasteiger charge is -2.05. The zero-order valence-electron chi connectivity index (χ0n) is 13.9. The molecule has 2 aromatic heterocycles. The summed E-state index contributed by atoms with van der Waals surface area (Å²) in [7, 11) is 0. The van der Waals surface area contributed by atoms with E-state index in [1.54, 1.807) is 6.92 Å². The van der Waals surface area contributed by atoms with Crippen molar-refractivity contribution >= 4 is 40.9 Å². The molecule has 0 aliphatic carbocycles. The molecule has 1 amide bonds. The Morgan fingerprint density at radius 1 is 1.32 bits per heavy atom. The molecule has 25 heavy (non-hydrogen) atoms. The van der Waals surface area contributed by atoms with Crippen molar-refractivity contribution in [1.82, 2.24) is 15.0 Å². The van der Waals surface area contributed by atoms with Gasteiger partial charge in [0.2, 0.25) is 0 Å². The number of nitrogens with one attached hydrogen (secondary N) is 2. The Morgan fingerprint density at radius 2 is 2.08 bits per heavy atom. The van der Waals surface area contributed by atoms with Crippen LogP contribution in [0.1, 0.15) is 53.4 Å². The molecular weight excluding hydrogens is 367 g/mol. The number of aromatic nitrogens is 3. The summed E-state index contributed by atoms with van der Waals surface area (Å²) in [5.74, 6) is -0.376. The summed E-state index contributed by atoms with van der Waals surface area (Å²) < 4.78 is 5.00. The van der Waals surface area contributed by atoms with Crippen LogP contribution in [0.4, 0.5) is 5.82 Å². The molecule has 0 saturated heterocycles. The first-order valence-corrected chi connectivity index (χ1v) is 8.60. The Morgan fingerprint density at radius 3 is 2.72 bits per heavy atom. The standard InChI is InChI=1S/C16H18Cl2N4O3/c1-3-5-6-11-20-12(16(24)25-4-2)14(21-11)22-15(23)9-7-10(17)13(18)19-8-9/h7-8H,3-6H2,1-2H3,(H,20,21)(H,22,23). The van der Waals surface area contributed by atoms with Gasteiger partial charge in [0.1, 0.15) is 11.0 Å². The summed E-state index contributed by atoms with van der Waals surface area (Å²) in [4.78, 5) is 35.5. The SMILES string of the molecule is CCCCc1nc(NC(=O)c2cnc(Cl)c(Cl)c2)c(C(=O)OCC)[nH]1. The van der Waals surface area contributed by atoms with Gasteiger partial charge in [0.25, 0.3) is 5.91 Å². The molecule has 0 aromatic carbocycles. The summed E-state index contributed by atoms with van der Waals surface area (Å²) in [5.41, 5.74) is 0.302. The number of pyridine rings is 1. The number of aryl methyl sites for hydroxylation is 1. The summed E-state index contributed by atoms with van der Waals surface area (Å²) in [6.07, 6.45) is 3.83. The van der Waals surface area contributed by atoms with Gasteiger partial charge < -0.3 is 15.0 Å². The number of ether oxygens (including phenoxy) is 1. The third-order valence-corrected chi connectivity index (χ3v) is 3.98. The van der Waals surface area contributed by atoms with Gasteiger partial charge >= 0.3 is 5.97 Å². The number of esters is 1. The van der Waals surface area contributed by atoms with E-state index >= 15 is 0 Å². The lowest BCUT2D eigenvalue weighted by molar-refractivity contribution is 0.0521. The first-order chi connectivity index (χ1) is 12.0. The van der Waals surface area contributed by atoms with Crippen LogP contribution in [0.5, 0.6) is 0 Å². The van der Waals surface area contributed by atoms with E-state index < -0.39 is 11.9 Å². The normalized spacial score (nSPS) is 10.6. The molecule has 134 valence electrons. The molecule has 2 heterocycles. The molecule has 0 fully saturated rings. The summed E-state index contributed by atoms with van der Waals surface area (Å²) in [6.45, 7) is 3.97. The highest BCUT2D eigenvalue weighted by molar-refractivity contribution is 6.41. The summed E-state index contributed by atoms with van der Waals surface area (Å²) >= 11 is 11.6. The highest BCUT2D eigenvalue weighted by Gasteiger charge is 2.21. The van der Waals surface area contributed by atoms with Crippen molar-refractivity contribution in [2.45, 2.75) is 33.1 Å². The van der Waals surface area contributed by atoms with E-state index in [1.165, 1.54) is 12.3 Å². The Labute approximate surface area is 155 Å². The largest absolute Gasteiger partial charge is 0.461 e. The third-order valence-electron chi connectivity index (χ3n) is 3.29. The maximum atomic E-state index is 12.4. The maximum absolute atomic E-state index is 12.4. The molecule has 2 rings (SSSR count). The number of amides is 1. The summed E-state index contributed by atoms with van der Waals surface area (Å²) in [5, 5.41) is 2.85. The molecule has 9 heteroatoms. The second kappa shape index (κ2) is 8.82. The minimum absolute atomic E-state index is 0.104. The van der Waals surface area contributed by atoms with Crippen molar-refractivity contribution in [3.05, 3.63) is 39.5 Å². The molecule has 2 aromatic rings. The number of halogens is 2. The Bertz CT molecular complexity index is 777. The van der Waals surface area contributed by atoms with Crippen LogP contribution >= 0.6 is 23.2 Å². The van der Waals surface area contributed by atoms with Crippen LogP contribution in [-0.2, 0) is 11.2 Å². The minimum atomic E-state index is -0.583. The van der Waals surface area contributed by atoms with Gasteiger partial charge in [-0.3, -0.25) is 4.79 Å². The number of H-pyrrole nitrogens is 1. The van der Waals surface area contributed by atoms with Crippen LogP contribution < -0.4 is 5.32 Å².